The van der Waals surface area contributed by atoms with Crippen LogP contribution < -0.4 is 5.32 Å². The molecule has 0 unspecified atom stereocenters. The number of nitrogens with zero attached hydrogens (tertiary/aromatic N) is 4. The van der Waals surface area contributed by atoms with E-state index in [1.54, 1.807) is 12.4 Å². The molecule has 4 aromatic rings. The second kappa shape index (κ2) is 7.88. The number of nitrogens with one attached hydrogen (secondary N) is 1. The summed E-state index contributed by atoms with van der Waals surface area (Å²) in [4.78, 5) is 13.0. The Morgan fingerprint density at radius 3 is 2.71 bits per heavy atom. The van der Waals surface area contributed by atoms with E-state index >= 15 is 0 Å². The first-order chi connectivity index (χ1) is 15.0. The van der Waals surface area contributed by atoms with Gasteiger partial charge in [-0.3, -0.25) is 4.98 Å². The van der Waals surface area contributed by atoms with Crippen molar-refractivity contribution < 1.29 is 8.42 Å². The number of benzene rings is 1. The van der Waals surface area contributed by atoms with Crippen molar-refractivity contribution in [1.82, 2.24) is 19.3 Å². The third-order valence-electron chi connectivity index (χ3n) is 5.27. The summed E-state index contributed by atoms with van der Waals surface area (Å²) in [5.74, 6) is 0.719. The van der Waals surface area contributed by atoms with Crippen LogP contribution in [0.4, 0.5) is 11.5 Å². The van der Waals surface area contributed by atoms with E-state index in [4.69, 9.17) is 11.6 Å². The molecule has 0 amide bonds. The quantitative estimate of drug-likeness (QED) is 0.501. The molecule has 4 heterocycles. The maximum atomic E-state index is 13.0. The van der Waals surface area contributed by atoms with Crippen LogP contribution in [0.15, 0.2) is 72.1 Å². The van der Waals surface area contributed by atoms with Gasteiger partial charge in [-0.2, -0.15) is 4.31 Å². The molecule has 1 aliphatic rings. The van der Waals surface area contributed by atoms with Crippen molar-refractivity contribution in [2.45, 2.75) is 18.0 Å². The van der Waals surface area contributed by atoms with Crippen LogP contribution in [0.25, 0.3) is 10.9 Å². The zero-order valence-electron chi connectivity index (χ0n) is 16.4. The number of para-hydroxylation sites is 1. The monoisotopic (exact) mass is 451 g/mol. The van der Waals surface area contributed by atoms with E-state index in [1.165, 1.54) is 22.6 Å². The molecule has 0 spiro atoms. The van der Waals surface area contributed by atoms with E-state index in [9.17, 15) is 8.42 Å². The van der Waals surface area contributed by atoms with Crippen molar-refractivity contribution in [2.24, 2.45) is 0 Å². The Kier molecular flexibility index (Phi) is 5.05. The highest BCUT2D eigenvalue weighted by Gasteiger charge is 2.30. The molecule has 0 fully saturated rings. The van der Waals surface area contributed by atoms with Gasteiger partial charge in [-0.25, -0.2) is 18.4 Å². The van der Waals surface area contributed by atoms with Gasteiger partial charge < -0.3 is 5.32 Å². The summed E-state index contributed by atoms with van der Waals surface area (Å²) in [6.07, 6.45) is 5.34. The average Bonchev–Trinajstić information content (AvgIpc) is 2.79. The van der Waals surface area contributed by atoms with Gasteiger partial charge in [0.05, 0.1) is 22.4 Å². The summed E-state index contributed by atoms with van der Waals surface area (Å²) in [5, 5.41) is 4.77. The number of fused-ring (bicyclic) bond motifs is 2. The van der Waals surface area contributed by atoms with Gasteiger partial charge >= 0.3 is 0 Å². The number of pyridine rings is 3. The van der Waals surface area contributed by atoms with E-state index in [0.717, 1.165) is 33.5 Å². The molecule has 1 aromatic carbocycles. The van der Waals surface area contributed by atoms with Crippen LogP contribution in [0.2, 0.25) is 5.02 Å². The van der Waals surface area contributed by atoms with E-state index in [1.807, 2.05) is 36.4 Å². The molecule has 3 aromatic heterocycles. The summed E-state index contributed by atoms with van der Waals surface area (Å²) in [5.41, 5.74) is 3.67. The number of rotatable bonds is 4. The Hall–Kier alpha value is -3.07. The molecular formula is C22H18ClN5O2S. The van der Waals surface area contributed by atoms with Gasteiger partial charge in [0.1, 0.15) is 5.82 Å². The molecule has 0 saturated carbocycles. The standard InChI is InChI=1S/C22H18ClN5O2S/c23-17-5-6-21(26-12-17)31(29,30)28-10-8-19-16(14-28)7-9-24-22(19)27-18-11-15-3-1-2-4-20(15)25-13-18/h1-7,9,11-13H,8,10,14H2,(H,24,27). The van der Waals surface area contributed by atoms with Crippen molar-refractivity contribution in [3.8, 4) is 0 Å². The third-order valence-corrected chi connectivity index (χ3v) is 7.25. The predicted octanol–water partition coefficient (Wildman–Crippen LogP) is 4.17. The first-order valence-electron chi connectivity index (χ1n) is 9.71. The molecular weight excluding hydrogens is 434 g/mol. The van der Waals surface area contributed by atoms with Gasteiger partial charge in [0, 0.05) is 36.4 Å². The predicted molar refractivity (Wildman–Crippen MR) is 120 cm³/mol. The lowest BCUT2D eigenvalue weighted by Gasteiger charge is -2.28. The highest BCUT2D eigenvalue weighted by atomic mass is 35.5. The first-order valence-corrected chi connectivity index (χ1v) is 11.5. The number of halogens is 1. The Morgan fingerprint density at radius 1 is 1.00 bits per heavy atom. The van der Waals surface area contributed by atoms with Crippen LogP contribution in [0, 0.1) is 0 Å². The lowest BCUT2D eigenvalue weighted by molar-refractivity contribution is 0.389. The van der Waals surface area contributed by atoms with E-state index in [0.29, 0.717) is 18.0 Å². The van der Waals surface area contributed by atoms with Crippen LogP contribution in [0.1, 0.15) is 11.1 Å². The molecule has 0 aliphatic carbocycles. The Morgan fingerprint density at radius 2 is 1.87 bits per heavy atom. The molecule has 1 aliphatic heterocycles. The van der Waals surface area contributed by atoms with E-state index < -0.39 is 10.0 Å². The highest BCUT2D eigenvalue weighted by Crippen LogP contribution is 2.30. The molecule has 9 heteroatoms. The summed E-state index contributed by atoms with van der Waals surface area (Å²) in [7, 11) is -3.70. The third kappa shape index (κ3) is 3.85. The van der Waals surface area contributed by atoms with E-state index in [-0.39, 0.29) is 11.6 Å². The molecule has 5 rings (SSSR count). The lowest BCUT2D eigenvalue weighted by atomic mass is 10.0. The van der Waals surface area contributed by atoms with Gasteiger partial charge in [-0.1, -0.05) is 29.8 Å². The lowest BCUT2D eigenvalue weighted by Crippen LogP contribution is -2.36. The van der Waals surface area contributed by atoms with Crippen LogP contribution in [0.5, 0.6) is 0 Å². The summed E-state index contributed by atoms with van der Waals surface area (Å²) >= 11 is 5.84. The minimum absolute atomic E-state index is 0.00464. The number of hydrogen-bond donors (Lipinski definition) is 1. The minimum Gasteiger partial charge on any atom is -0.339 e. The Balaban J connectivity index is 1.42. The first kappa shape index (κ1) is 19.9. The number of aromatic nitrogens is 3. The van der Waals surface area contributed by atoms with Crippen LogP contribution in [-0.4, -0.2) is 34.2 Å². The summed E-state index contributed by atoms with van der Waals surface area (Å²) in [6, 6.07) is 14.7. The minimum atomic E-state index is -3.70. The average molecular weight is 452 g/mol. The van der Waals surface area contributed by atoms with Crippen molar-refractivity contribution >= 4 is 44.0 Å². The number of anilines is 2. The van der Waals surface area contributed by atoms with Crippen molar-refractivity contribution in [2.75, 3.05) is 11.9 Å². The van der Waals surface area contributed by atoms with Crippen molar-refractivity contribution in [3.63, 3.8) is 0 Å². The van der Waals surface area contributed by atoms with Crippen molar-refractivity contribution in [1.29, 1.82) is 0 Å². The SMILES string of the molecule is O=S(=O)(c1ccc(Cl)cn1)N1CCc2c(ccnc2Nc2cnc3ccccc3c2)C1. The van der Waals surface area contributed by atoms with Crippen LogP contribution in [0.3, 0.4) is 0 Å². The molecule has 0 atom stereocenters. The second-order valence-corrected chi connectivity index (χ2v) is 9.56. The van der Waals surface area contributed by atoms with Gasteiger partial charge in [0.25, 0.3) is 10.0 Å². The van der Waals surface area contributed by atoms with Crippen LogP contribution in [-0.2, 0) is 23.0 Å². The molecule has 7 nitrogen and oxygen atoms in total. The van der Waals surface area contributed by atoms with Gasteiger partial charge in [-0.15, -0.1) is 0 Å². The second-order valence-electron chi connectivity index (χ2n) is 7.24. The van der Waals surface area contributed by atoms with Gasteiger partial charge in [0.2, 0.25) is 0 Å². The Bertz CT molecular complexity index is 1380. The molecule has 156 valence electrons. The summed E-state index contributed by atoms with van der Waals surface area (Å²) in [6.45, 7) is 0.602. The zero-order valence-corrected chi connectivity index (χ0v) is 17.9. The summed E-state index contributed by atoms with van der Waals surface area (Å²) < 4.78 is 27.4. The zero-order chi connectivity index (χ0) is 21.4. The maximum absolute atomic E-state index is 13.0. The fraction of sp³-hybridized carbons (Fsp3) is 0.136. The topological polar surface area (TPSA) is 88.1 Å². The molecule has 0 radical (unpaired) electrons. The highest BCUT2D eigenvalue weighted by molar-refractivity contribution is 7.89. The van der Waals surface area contributed by atoms with Gasteiger partial charge in [-0.05, 0) is 42.3 Å². The van der Waals surface area contributed by atoms with Crippen LogP contribution >= 0.6 is 11.6 Å². The van der Waals surface area contributed by atoms with E-state index in [2.05, 4.69) is 20.3 Å². The molecule has 1 N–H and O–H groups in total. The molecule has 31 heavy (non-hydrogen) atoms. The number of hydrogen-bond acceptors (Lipinski definition) is 6. The maximum Gasteiger partial charge on any atom is 0.260 e. The van der Waals surface area contributed by atoms with Crippen molar-refractivity contribution in [3.05, 3.63) is 83.3 Å². The smallest absolute Gasteiger partial charge is 0.260 e. The van der Waals surface area contributed by atoms with Gasteiger partial charge in [0.15, 0.2) is 5.03 Å². The molecule has 0 bridgehead atoms. The fourth-order valence-corrected chi connectivity index (χ4v) is 5.14. The fourth-order valence-electron chi connectivity index (χ4n) is 3.70. The normalized spacial score (nSPS) is 14.4. The Labute approximate surface area is 184 Å². The largest absolute Gasteiger partial charge is 0.339 e. The molecule has 0 saturated heterocycles. The number of sulfonamides is 1.